The number of unbranched alkanes of at least 4 members (excludes halogenated alkanes) is 52. The first kappa shape index (κ1) is 79.1. The number of aliphatic hydroxyl groups is 2. The largest absolute Gasteiger partial charge is 0.466 e. The van der Waals surface area contributed by atoms with E-state index in [2.05, 4.69) is 55.6 Å². The third kappa shape index (κ3) is 67.1. The van der Waals surface area contributed by atoms with Crippen LogP contribution >= 0.6 is 0 Å². The number of hydrogen-bond acceptors (Lipinski definition) is 5. The molecule has 0 radical (unpaired) electrons. The van der Waals surface area contributed by atoms with Crippen LogP contribution in [0.15, 0.2) is 36.5 Å². The van der Waals surface area contributed by atoms with Gasteiger partial charge in [-0.25, -0.2) is 0 Å². The number of nitrogens with one attached hydrogen (secondary N) is 1. The van der Waals surface area contributed by atoms with Gasteiger partial charge < -0.3 is 20.3 Å². The first-order chi connectivity index (χ1) is 40.0. The highest BCUT2D eigenvalue weighted by Gasteiger charge is 2.20. The average molecular weight is 1140 g/mol. The molecule has 1 amide bonds. The van der Waals surface area contributed by atoms with E-state index in [1.807, 2.05) is 0 Å². The molecule has 0 aromatic carbocycles. The highest BCUT2D eigenvalue weighted by molar-refractivity contribution is 5.76. The molecule has 6 nitrogen and oxygen atoms in total. The third-order valence-corrected chi connectivity index (χ3v) is 17.2. The van der Waals surface area contributed by atoms with Gasteiger partial charge in [-0.3, -0.25) is 9.59 Å². The van der Waals surface area contributed by atoms with E-state index in [9.17, 15) is 19.8 Å². The fraction of sp³-hybridized carbons (Fsp3) is 0.893. The van der Waals surface area contributed by atoms with Gasteiger partial charge in [0.05, 0.1) is 25.4 Å². The Morgan fingerprint density at radius 3 is 0.988 bits per heavy atom. The number of allylic oxidation sites excluding steroid dienone is 6. The first-order valence-electron chi connectivity index (χ1n) is 36.7. The lowest BCUT2D eigenvalue weighted by atomic mass is 10.0. The molecule has 0 fully saturated rings. The van der Waals surface area contributed by atoms with Crippen LogP contribution in [0.1, 0.15) is 406 Å². The minimum atomic E-state index is -0.667. The van der Waals surface area contributed by atoms with Crippen molar-refractivity contribution in [1.82, 2.24) is 5.32 Å². The molecular formula is C75H143NO5. The second-order valence-corrected chi connectivity index (χ2v) is 25.3. The number of esters is 1. The maximum atomic E-state index is 12.6. The zero-order chi connectivity index (χ0) is 58.5. The standard InChI is InChI=1S/C75H143NO5/c1-3-5-7-9-11-13-15-17-19-20-21-22-28-31-34-37-40-43-47-51-55-59-63-67-73(78)72(71-77)76-74(79)68-64-60-56-52-48-44-41-38-35-32-29-26-24-23-25-27-30-33-36-39-42-46-50-54-58-62-66-70-81-75(80)69-65-61-57-53-49-45-18-16-14-12-10-8-6-4-2/h10,12,16,18,23-24,72-73,77-78H,3-9,11,13-15,17,19-22,25-71H2,1-2H3,(H,76,79)/b12-10-,18-16-,24-23-. The van der Waals surface area contributed by atoms with E-state index in [0.717, 1.165) is 51.4 Å². The van der Waals surface area contributed by atoms with Gasteiger partial charge in [0.15, 0.2) is 0 Å². The molecule has 0 aliphatic carbocycles. The topological polar surface area (TPSA) is 95.9 Å². The lowest BCUT2D eigenvalue weighted by Gasteiger charge is -2.22. The summed E-state index contributed by atoms with van der Waals surface area (Å²) in [5.74, 6) is -0.0303. The quantitative estimate of drug-likeness (QED) is 0.0320. The molecular weight excluding hydrogens is 995 g/mol. The van der Waals surface area contributed by atoms with Crippen LogP contribution in [0.3, 0.4) is 0 Å². The monoisotopic (exact) mass is 1140 g/mol. The summed E-state index contributed by atoms with van der Waals surface area (Å²) in [5.41, 5.74) is 0. The Balaban J connectivity index is 3.39. The van der Waals surface area contributed by atoms with Crippen molar-refractivity contribution in [1.29, 1.82) is 0 Å². The molecule has 478 valence electrons. The van der Waals surface area contributed by atoms with Gasteiger partial charge in [-0.05, 0) is 77.0 Å². The minimum Gasteiger partial charge on any atom is -0.466 e. The molecule has 0 aromatic heterocycles. The number of aliphatic hydroxyl groups excluding tert-OH is 2. The lowest BCUT2D eigenvalue weighted by Crippen LogP contribution is -2.45. The zero-order valence-corrected chi connectivity index (χ0v) is 54.8. The van der Waals surface area contributed by atoms with Gasteiger partial charge in [0, 0.05) is 12.8 Å². The molecule has 0 bridgehead atoms. The van der Waals surface area contributed by atoms with Gasteiger partial charge in [-0.15, -0.1) is 0 Å². The number of amides is 1. The Morgan fingerprint density at radius 1 is 0.346 bits per heavy atom. The average Bonchev–Trinajstić information content (AvgIpc) is 3.47. The summed E-state index contributed by atoms with van der Waals surface area (Å²) in [5, 5.41) is 23.4. The zero-order valence-electron chi connectivity index (χ0n) is 54.8. The number of carbonyl (C=O) groups is 2. The van der Waals surface area contributed by atoms with Crippen LogP contribution in [0, 0.1) is 0 Å². The van der Waals surface area contributed by atoms with Gasteiger partial charge in [-0.1, -0.05) is 352 Å². The molecule has 3 N–H and O–H groups in total. The lowest BCUT2D eigenvalue weighted by molar-refractivity contribution is -0.143. The summed E-state index contributed by atoms with van der Waals surface area (Å²) >= 11 is 0. The van der Waals surface area contributed by atoms with Crippen molar-refractivity contribution in [3.63, 3.8) is 0 Å². The van der Waals surface area contributed by atoms with Crippen LogP contribution in [0.25, 0.3) is 0 Å². The Bertz CT molecular complexity index is 1310. The fourth-order valence-electron chi connectivity index (χ4n) is 11.5. The van der Waals surface area contributed by atoms with Crippen LogP contribution in [0.2, 0.25) is 0 Å². The normalized spacial score (nSPS) is 12.7. The maximum absolute atomic E-state index is 12.6. The number of carbonyl (C=O) groups excluding carboxylic acids is 2. The molecule has 81 heavy (non-hydrogen) atoms. The van der Waals surface area contributed by atoms with Crippen molar-refractivity contribution in [3.8, 4) is 0 Å². The van der Waals surface area contributed by atoms with E-state index in [1.165, 1.54) is 321 Å². The molecule has 0 aliphatic rings. The van der Waals surface area contributed by atoms with Crippen molar-refractivity contribution in [3.05, 3.63) is 36.5 Å². The molecule has 0 saturated carbocycles. The van der Waals surface area contributed by atoms with Gasteiger partial charge in [0.25, 0.3) is 0 Å². The molecule has 0 spiro atoms. The Labute approximate surface area is 506 Å². The van der Waals surface area contributed by atoms with E-state index >= 15 is 0 Å². The van der Waals surface area contributed by atoms with Crippen molar-refractivity contribution < 1.29 is 24.5 Å². The van der Waals surface area contributed by atoms with Crippen LogP contribution in [-0.2, 0) is 14.3 Å². The van der Waals surface area contributed by atoms with Crippen LogP contribution in [0.4, 0.5) is 0 Å². The van der Waals surface area contributed by atoms with Gasteiger partial charge >= 0.3 is 5.97 Å². The number of rotatable bonds is 69. The summed E-state index contributed by atoms with van der Waals surface area (Å²) in [4.78, 5) is 24.6. The van der Waals surface area contributed by atoms with E-state index in [1.54, 1.807) is 0 Å². The van der Waals surface area contributed by atoms with Crippen molar-refractivity contribution >= 4 is 11.9 Å². The van der Waals surface area contributed by atoms with E-state index < -0.39 is 12.1 Å². The van der Waals surface area contributed by atoms with Crippen LogP contribution in [0.5, 0.6) is 0 Å². The maximum Gasteiger partial charge on any atom is 0.305 e. The second kappa shape index (κ2) is 70.6. The van der Waals surface area contributed by atoms with Crippen LogP contribution in [-0.4, -0.2) is 47.4 Å². The Hall–Kier alpha value is -1.92. The molecule has 0 aliphatic heterocycles. The van der Waals surface area contributed by atoms with Crippen molar-refractivity contribution in [2.75, 3.05) is 13.2 Å². The van der Waals surface area contributed by atoms with Gasteiger partial charge in [0.2, 0.25) is 5.91 Å². The minimum absolute atomic E-state index is 0.00104. The Morgan fingerprint density at radius 2 is 0.630 bits per heavy atom. The highest BCUT2D eigenvalue weighted by Crippen LogP contribution is 2.19. The molecule has 6 heteroatoms. The molecule has 2 atom stereocenters. The number of hydrogen-bond donors (Lipinski definition) is 3. The van der Waals surface area contributed by atoms with E-state index in [4.69, 9.17) is 4.74 Å². The SMILES string of the molecule is CCCC/C=C\C/C=C\CCCCCCCC(=O)OCCCCCCCCCCCCCC/C=C\CCCCCCCCCCCCCC(=O)NC(CO)C(O)CCCCCCCCCCCCCCCCCCCCCCCCC. The molecule has 0 rings (SSSR count). The smallest absolute Gasteiger partial charge is 0.305 e. The Kier molecular flexibility index (Phi) is 68.9. The summed E-state index contributed by atoms with van der Waals surface area (Å²) in [6, 6.07) is -0.544. The van der Waals surface area contributed by atoms with E-state index in [-0.39, 0.29) is 18.5 Å². The summed E-state index contributed by atoms with van der Waals surface area (Å²) in [6.07, 6.45) is 90.6. The highest BCUT2D eigenvalue weighted by atomic mass is 16.5. The van der Waals surface area contributed by atoms with Gasteiger partial charge in [-0.2, -0.15) is 0 Å². The predicted octanol–water partition coefficient (Wildman–Crippen LogP) is 23.9. The molecule has 0 saturated heterocycles. The van der Waals surface area contributed by atoms with Gasteiger partial charge in [0.1, 0.15) is 0 Å². The molecule has 0 heterocycles. The van der Waals surface area contributed by atoms with Crippen molar-refractivity contribution in [2.24, 2.45) is 0 Å². The predicted molar refractivity (Wildman–Crippen MR) is 356 cm³/mol. The van der Waals surface area contributed by atoms with Crippen LogP contribution < -0.4 is 5.32 Å². The second-order valence-electron chi connectivity index (χ2n) is 25.3. The summed E-state index contributed by atoms with van der Waals surface area (Å²) in [6.45, 7) is 4.94. The third-order valence-electron chi connectivity index (χ3n) is 17.2. The fourth-order valence-corrected chi connectivity index (χ4v) is 11.5. The molecule has 0 aromatic rings. The number of ether oxygens (including phenoxy) is 1. The van der Waals surface area contributed by atoms with E-state index in [0.29, 0.717) is 25.9 Å². The molecule has 2 unspecified atom stereocenters. The van der Waals surface area contributed by atoms with Crippen molar-refractivity contribution in [2.45, 2.75) is 418 Å². The first-order valence-corrected chi connectivity index (χ1v) is 36.7. The summed E-state index contributed by atoms with van der Waals surface area (Å²) in [7, 11) is 0. The summed E-state index contributed by atoms with van der Waals surface area (Å²) < 4.78 is 5.48.